The van der Waals surface area contributed by atoms with Gasteiger partial charge in [-0.15, -0.1) is 0 Å². The molecule has 2 aromatic heterocycles. The van der Waals surface area contributed by atoms with Gasteiger partial charge in [-0.2, -0.15) is 0 Å². The summed E-state index contributed by atoms with van der Waals surface area (Å²) in [5.74, 6) is 1.88. The molecule has 0 saturated carbocycles. The van der Waals surface area contributed by atoms with Crippen molar-refractivity contribution < 1.29 is 14.1 Å². The number of hydrogen-bond acceptors (Lipinski definition) is 6. The van der Waals surface area contributed by atoms with Gasteiger partial charge in [-0.05, 0) is 39.8 Å². The molecular weight excluding hydrogens is 272 g/mol. The second-order valence-electron chi connectivity index (χ2n) is 5.51. The number of anilines is 3. The van der Waals surface area contributed by atoms with E-state index in [4.69, 9.17) is 9.26 Å². The first kappa shape index (κ1) is 14.8. The number of carbonyl (C=O) groups excluding carboxylic acids is 1. The highest BCUT2D eigenvalue weighted by Gasteiger charge is 2.16. The van der Waals surface area contributed by atoms with Gasteiger partial charge in [0.05, 0.1) is 11.9 Å². The van der Waals surface area contributed by atoms with Crippen molar-refractivity contribution in [1.29, 1.82) is 0 Å². The molecule has 0 aliphatic heterocycles. The average Bonchev–Trinajstić information content (AvgIpc) is 2.75. The Morgan fingerprint density at radius 2 is 2.05 bits per heavy atom. The van der Waals surface area contributed by atoms with E-state index in [9.17, 15) is 4.79 Å². The number of ether oxygens (including phenoxy) is 1. The number of rotatable bonds is 3. The summed E-state index contributed by atoms with van der Waals surface area (Å²) >= 11 is 0. The maximum Gasteiger partial charge on any atom is 0.412 e. The van der Waals surface area contributed by atoms with Crippen molar-refractivity contribution in [2.45, 2.75) is 33.3 Å². The zero-order chi connectivity index (χ0) is 15.5. The van der Waals surface area contributed by atoms with Gasteiger partial charge in [-0.1, -0.05) is 5.16 Å². The van der Waals surface area contributed by atoms with E-state index in [1.54, 1.807) is 45.9 Å². The molecule has 0 unspecified atom stereocenters. The predicted octanol–water partition coefficient (Wildman–Crippen LogP) is 3.47. The zero-order valence-corrected chi connectivity index (χ0v) is 12.4. The third-order valence-corrected chi connectivity index (χ3v) is 2.29. The first-order valence-corrected chi connectivity index (χ1v) is 6.48. The monoisotopic (exact) mass is 290 g/mol. The Kier molecular flexibility index (Phi) is 4.11. The normalized spacial score (nSPS) is 11.0. The van der Waals surface area contributed by atoms with E-state index in [0.717, 1.165) is 0 Å². The smallest absolute Gasteiger partial charge is 0.412 e. The van der Waals surface area contributed by atoms with Gasteiger partial charge in [0, 0.05) is 6.07 Å². The van der Waals surface area contributed by atoms with Crippen LogP contribution in [0.2, 0.25) is 0 Å². The van der Waals surface area contributed by atoms with Crippen LogP contribution in [0.3, 0.4) is 0 Å². The molecule has 0 fully saturated rings. The van der Waals surface area contributed by atoms with Gasteiger partial charge in [-0.3, -0.25) is 5.32 Å². The van der Waals surface area contributed by atoms with Crippen LogP contribution >= 0.6 is 0 Å². The minimum absolute atomic E-state index is 0.517. The van der Waals surface area contributed by atoms with Gasteiger partial charge >= 0.3 is 6.09 Å². The fourth-order valence-corrected chi connectivity index (χ4v) is 1.52. The molecular formula is C14H18N4O3. The fraction of sp³-hybridized carbons (Fsp3) is 0.357. The van der Waals surface area contributed by atoms with Crippen LogP contribution in [0, 0.1) is 6.92 Å². The highest BCUT2D eigenvalue weighted by molar-refractivity contribution is 5.84. The second-order valence-corrected chi connectivity index (χ2v) is 5.51. The van der Waals surface area contributed by atoms with Crippen LogP contribution in [0.15, 0.2) is 28.9 Å². The molecule has 2 N–H and O–H groups in total. The van der Waals surface area contributed by atoms with Gasteiger partial charge in [0.15, 0.2) is 5.82 Å². The SMILES string of the molecule is Cc1cc(Nc2ccc(NC(=O)OC(C)(C)C)cn2)no1. The average molecular weight is 290 g/mol. The molecule has 112 valence electrons. The van der Waals surface area contributed by atoms with Crippen molar-refractivity contribution in [3.05, 3.63) is 30.2 Å². The molecule has 2 aromatic rings. The summed E-state index contributed by atoms with van der Waals surface area (Å²) in [5, 5.41) is 9.40. The molecule has 1 amide bonds. The Balaban J connectivity index is 1.94. The van der Waals surface area contributed by atoms with Gasteiger partial charge in [-0.25, -0.2) is 9.78 Å². The molecule has 0 aromatic carbocycles. The topological polar surface area (TPSA) is 89.3 Å². The number of pyridine rings is 1. The highest BCUT2D eigenvalue weighted by atomic mass is 16.6. The molecule has 7 heteroatoms. The lowest BCUT2D eigenvalue weighted by molar-refractivity contribution is 0.0636. The number of nitrogens with one attached hydrogen (secondary N) is 2. The highest BCUT2D eigenvalue weighted by Crippen LogP contribution is 2.16. The van der Waals surface area contributed by atoms with Crippen molar-refractivity contribution in [1.82, 2.24) is 10.1 Å². The van der Waals surface area contributed by atoms with Gasteiger partial charge in [0.2, 0.25) is 0 Å². The summed E-state index contributed by atoms with van der Waals surface area (Å²) in [6, 6.07) is 5.19. The largest absolute Gasteiger partial charge is 0.444 e. The Labute approximate surface area is 122 Å². The molecule has 0 saturated heterocycles. The van der Waals surface area contributed by atoms with Crippen molar-refractivity contribution in [3.8, 4) is 0 Å². The number of nitrogens with zero attached hydrogens (tertiary/aromatic N) is 2. The summed E-state index contributed by atoms with van der Waals surface area (Å²) in [5.41, 5.74) is 0.00947. The Hall–Kier alpha value is -2.57. The van der Waals surface area contributed by atoms with Crippen LogP contribution in [0.25, 0.3) is 0 Å². The molecule has 21 heavy (non-hydrogen) atoms. The summed E-state index contributed by atoms with van der Waals surface area (Å²) in [4.78, 5) is 15.8. The molecule has 2 rings (SSSR count). The molecule has 0 aliphatic rings. The lowest BCUT2D eigenvalue weighted by atomic mass is 10.2. The van der Waals surface area contributed by atoms with Crippen LogP contribution in [0.5, 0.6) is 0 Å². The maximum absolute atomic E-state index is 11.6. The number of hydrogen-bond donors (Lipinski definition) is 2. The quantitative estimate of drug-likeness (QED) is 0.899. The first-order chi connectivity index (χ1) is 9.82. The predicted molar refractivity (Wildman–Crippen MR) is 78.6 cm³/mol. The van der Waals surface area contributed by atoms with Crippen molar-refractivity contribution in [3.63, 3.8) is 0 Å². The number of amides is 1. The van der Waals surface area contributed by atoms with Crippen LogP contribution in [0.4, 0.5) is 22.1 Å². The molecule has 7 nitrogen and oxygen atoms in total. The number of carbonyl (C=O) groups is 1. The van der Waals surface area contributed by atoms with Crippen molar-refractivity contribution >= 4 is 23.4 Å². The number of aromatic nitrogens is 2. The van der Waals surface area contributed by atoms with Gasteiger partial charge in [0.1, 0.15) is 17.2 Å². The lowest BCUT2D eigenvalue weighted by Crippen LogP contribution is -2.27. The Morgan fingerprint density at radius 1 is 1.29 bits per heavy atom. The summed E-state index contributed by atoms with van der Waals surface area (Å²) in [7, 11) is 0. The van der Waals surface area contributed by atoms with E-state index < -0.39 is 11.7 Å². The third-order valence-electron chi connectivity index (χ3n) is 2.29. The van der Waals surface area contributed by atoms with E-state index in [-0.39, 0.29) is 0 Å². The van der Waals surface area contributed by atoms with Crippen LogP contribution in [-0.4, -0.2) is 21.8 Å². The third kappa shape index (κ3) is 4.79. The number of aryl methyl sites for hydroxylation is 1. The van der Waals surface area contributed by atoms with Gasteiger partial charge in [0.25, 0.3) is 0 Å². The van der Waals surface area contributed by atoms with E-state index in [1.165, 1.54) is 6.20 Å². The standard InChI is InChI=1S/C14H18N4O3/c1-9-7-12(18-21-9)17-11-6-5-10(8-15-11)16-13(19)20-14(2,3)4/h5-8H,1-4H3,(H,16,19)(H,15,17,18). The van der Waals surface area contributed by atoms with Crippen molar-refractivity contribution in [2.75, 3.05) is 10.6 Å². The van der Waals surface area contributed by atoms with Crippen LogP contribution < -0.4 is 10.6 Å². The molecule has 0 spiro atoms. The van der Waals surface area contributed by atoms with E-state index in [0.29, 0.717) is 23.1 Å². The summed E-state index contributed by atoms with van der Waals surface area (Å²) in [6.07, 6.45) is 1.01. The lowest BCUT2D eigenvalue weighted by Gasteiger charge is -2.19. The Bertz CT molecular complexity index is 614. The van der Waals surface area contributed by atoms with Gasteiger partial charge < -0.3 is 14.6 Å². The summed E-state index contributed by atoms with van der Waals surface area (Å²) in [6.45, 7) is 7.21. The first-order valence-electron chi connectivity index (χ1n) is 6.48. The Morgan fingerprint density at radius 3 is 2.57 bits per heavy atom. The molecule has 0 atom stereocenters. The minimum Gasteiger partial charge on any atom is -0.444 e. The molecule has 0 aliphatic carbocycles. The van der Waals surface area contributed by atoms with Crippen molar-refractivity contribution in [2.24, 2.45) is 0 Å². The minimum atomic E-state index is -0.538. The van der Waals surface area contributed by atoms with Crippen LogP contribution in [0.1, 0.15) is 26.5 Å². The zero-order valence-electron chi connectivity index (χ0n) is 12.4. The van der Waals surface area contributed by atoms with E-state index >= 15 is 0 Å². The maximum atomic E-state index is 11.6. The molecule has 0 bridgehead atoms. The van der Waals surface area contributed by atoms with E-state index in [2.05, 4.69) is 20.8 Å². The second kappa shape index (κ2) is 5.82. The fourth-order valence-electron chi connectivity index (χ4n) is 1.52. The molecule has 2 heterocycles. The summed E-state index contributed by atoms with van der Waals surface area (Å²) < 4.78 is 10.1. The van der Waals surface area contributed by atoms with E-state index in [1.807, 2.05) is 0 Å². The molecule has 0 radical (unpaired) electrons. The van der Waals surface area contributed by atoms with Crippen LogP contribution in [-0.2, 0) is 4.74 Å².